The fourth-order valence-electron chi connectivity index (χ4n) is 5.89. The van der Waals surface area contributed by atoms with Crippen LogP contribution in [-0.4, -0.2) is 0 Å². The van der Waals surface area contributed by atoms with Crippen LogP contribution in [-0.2, 0) is 5.41 Å². The van der Waals surface area contributed by atoms with Gasteiger partial charge in [0, 0.05) is 5.02 Å². The molecule has 0 fully saturated rings. The Kier molecular flexibility index (Phi) is 3.08. The molecule has 0 N–H and O–H groups in total. The Morgan fingerprint density at radius 2 is 1.10 bits per heavy atom. The van der Waals surface area contributed by atoms with Gasteiger partial charge in [-0.15, -0.1) is 0 Å². The minimum atomic E-state index is -0.344. The lowest BCUT2D eigenvalue weighted by molar-refractivity contribution is 0.801. The monoisotopic (exact) mass is 400 g/mol. The first-order chi connectivity index (χ1) is 14.8. The van der Waals surface area contributed by atoms with Gasteiger partial charge in [0.15, 0.2) is 0 Å². The smallest absolute Gasteiger partial charge is 0.0732 e. The van der Waals surface area contributed by atoms with Crippen molar-refractivity contribution in [1.29, 1.82) is 0 Å². The second-order valence-corrected chi connectivity index (χ2v) is 8.68. The summed E-state index contributed by atoms with van der Waals surface area (Å²) in [6.45, 7) is 0. The molecule has 2 aliphatic carbocycles. The summed E-state index contributed by atoms with van der Waals surface area (Å²) in [4.78, 5) is 0. The summed E-state index contributed by atoms with van der Waals surface area (Å²) in [6.07, 6.45) is 0. The average Bonchev–Trinajstić information content (AvgIpc) is 3.26. The Labute approximate surface area is 180 Å². The van der Waals surface area contributed by atoms with Gasteiger partial charge in [0.25, 0.3) is 0 Å². The van der Waals surface area contributed by atoms with E-state index in [0.717, 1.165) is 5.02 Å². The maximum Gasteiger partial charge on any atom is 0.0732 e. The minimum absolute atomic E-state index is 0.344. The third-order valence-corrected chi connectivity index (χ3v) is 7.17. The van der Waals surface area contributed by atoms with Crippen molar-refractivity contribution in [2.75, 3.05) is 0 Å². The number of halogens is 1. The molecule has 5 aromatic rings. The molecule has 0 amide bonds. The highest BCUT2D eigenvalue weighted by atomic mass is 35.5. The van der Waals surface area contributed by atoms with Crippen molar-refractivity contribution in [3.05, 3.63) is 130 Å². The molecule has 0 bridgehead atoms. The summed E-state index contributed by atoms with van der Waals surface area (Å²) in [6, 6.07) is 37.5. The molecule has 0 heterocycles. The summed E-state index contributed by atoms with van der Waals surface area (Å²) in [7, 11) is 0. The van der Waals surface area contributed by atoms with Crippen LogP contribution in [0.1, 0.15) is 22.3 Å². The van der Waals surface area contributed by atoms with Gasteiger partial charge >= 0.3 is 0 Å². The zero-order chi connectivity index (χ0) is 19.9. The van der Waals surface area contributed by atoms with Crippen LogP contribution in [0.25, 0.3) is 33.0 Å². The van der Waals surface area contributed by atoms with Crippen LogP contribution >= 0.6 is 11.6 Å². The molecule has 30 heavy (non-hydrogen) atoms. The summed E-state index contributed by atoms with van der Waals surface area (Å²) in [5.41, 5.74) is 10.3. The van der Waals surface area contributed by atoms with E-state index in [2.05, 4.69) is 97.1 Å². The molecule has 0 aliphatic heterocycles. The van der Waals surface area contributed by atoms with E-state index in [-0.39, 0.29) is 5.41 Å². The number of fused-ring (bicyclic) bond motifs is 12. The van der Waals surface area contributed by atoms with E-state index in [1.54, 1.807) is 0 Å². The third kappa shape index (κ3) is 1.79. The van der Waals surface area contributed by atoms with Gasteiger partial charge in [0.1, 0.15) is 0 Å². The van der Waals surface area contributed by atoms with E-state index >= 15 is 0 Å². The Balaban J connectivity index is 1.79. The lowest BCUT2D eigenvalue weighted by Crippen LogP contribution is -2.26. The van der Waals surface area contributed by atoms with Crippen LogP contribution in [0.3, 0.4) is 0 Å². The lowest BCUT2D eigenvalue weighted by atomic mass is 9.69. The molecule has 0 unspecified atom stereocenters. The fraction of sp³-hybridized carbons (Fsp3) is 0.0345. The fourth-order valence-corrected chi connectivity index (χ4v) is 6.06. The maximum atomic E-state index is 6.60. The molecular formula is C29H17Cl. The van der Waals surface area contributed by atoms with Crippen LogP contribution in [0.5, 0.6) is 0 Å². The highest BCUT2D eigenvalue weighted by molar-refractivity contribution is 6.31. The standard InChI is InChI=1S/C29H17Cl/c30-19-14-16-23-24-15-13-18-7-1-2-8-20(18)28(24)29(27(23)17-19)25-11-5-3-9-21(25)22-10-4-6-12-26(22)29/h1-17H. The van der Waals surface area contributed by atoms with Gasteiger partial charge in [0.2, 0.25) is 0 Å². The van der Waals surface area contributed by atoms with Gasteiger partial charge in [-0.25, -0.2) is 0 Å². The molecule has 0 radical (unpaired) electrons. The van der Waals surface area contributed by atoms with Gasteiger partial charge in [-0.05, 0) is 67.4 Å². The largest absolute Gasteiger partial charge is 0.0843 e. The Bertz CT molecular complexity index is 1460. The summed E-state index contributed by atoms with van der Waals surface area (Å²) in [5, 5.41) is 3.37. The molecule has 5 aromatic carbocycles. The van der Waals surface area contributed by atoms with Crippen molar-refractivity contribution in [2.45, 2.75) is 5.41 Å². The second-order valence-electron chi connectivity index (χ2n) is 8.24. The SMILES string of the molecule is Clc1ccc2c(c1)C1(c3ccccc3-c3ccccc31)c1c-2ccc2ccccc12. The molecular weight excluding hydrogens is 384 g/mol. The number of benzene rings is 5. The number of hydrogen-bond donors (Lipinski definition) is 0. The Hall–Kier alpha value is -3.35. The predicted molar refractivity (Wildman–Crippen MR) is 125 cm³/mol. The van der Waals surface area contributed by atoms with E-state index < -0.39 is 0 Å². The van der Waals surface area contributed by atoms with Gasteiger partial charge in [-0.1, -0.05) is 103 Å². The van der Waals surface area contributed by atoms with E-state index in [4.69, 9.17) is 11.6 Å². The van der Waals surface area contributed by atoms with Crippen LogP contribution in [0.15, 0.2) is 103 Å². The summed E-state index contributed by atoms with van der Waals surface area (Å²) >= 11 is 6.60. The van der Waals surface area contributed by atoms with Gasteiger partial charge in [-0.2, -0.15) is 0 Å². The molecule has 140 valence electrons. The molecule has 1 spiro atoms. The van der Waals surface area contributed by atoms with Crippen molar-refractivity contribution in [2.24, 2.45) is 0 Å². The molecule has 7 rings (SSSR count). The lowest BCUT2D eigenvalue weighted by Gasteiger charge is -2.31. The third-order valence-electron chi connectivity index (χ3n) is 6.93. The molecule has 1 heteroatoms. The van der Waals surface area contributed by atoms with E-state index in [1.807, 2.05) is 6.07 Å². The topological polar surface area (TPSA) is 0 Å². The van der Waals surface area contributed by atoms with Crippen LogP contribution in [0, 0.1) is 0 Å². The first-order valence-corrected chi connectivity index (χ1v) is 10.7. The predicted octanol–water partition coefficient (Wildman–Crippen LogP) is 7.84. The van der Waals surface area contributed by atoms with E-state index in [9.17, 15) is 0 Å². The maximum absolute atomic E-state index is 6.60. The average molecular weight is 401 g/mol. The van der Waals surface area contributed by atoms with Crippen molar-refractivity contribution >= 4 is 22.4 Å². The highest BCUT2D eigenvalue weighted by Gasteiger charge is 2.52. The quantitative estimate of drug-likeness (QED) is 0.243. The molecule has 0 nitrogen and oxygen atoms in total. The normalized spacial score (nSPS) is 14.4. The number of hydrogen-bond acceptors (Lipinski definition) is 0. The van der Waals surface area contributed by atoms with Crippen LogP contribution in [0.2, 0.25) is 5.02 Å². The molecule has 0 atom stereocenters. The zero-order valence-corrected chi connectivity index (χ0v) is 16.9. The highest BCUT2D eigenvalue weighted by Crippen LogP contribution is 2.64. The Morgan fingerprint density at radius 1 is 0.500 bits per heavy atom. The van der Waals surface area contributed by atoms with Crippen LogP contribution < -0.4 is 0 Å². The summed E-state index contributed by atoms with van der Waals surface area (Å²) in [5.74, 6) is 0. The first-order valence-electron chi connectivity index (χ1n) is 10.3. The first kappa shape index (κ1) is 16.4. The van der Waals surface area contributed by atoms with Crippen molar-refractivity contribution in [1.82, 2.24) is 0 Å². The second kappa shape index (κ2) is 5.62. The number of rotatable bonds is 0. The molecule has 2 aliphatic rings. The van der Waals surface area contributed by atoms with E-state index in [0.29, 0.717) is 0 Å². The van der Waals surface area contributed by atoms with Gasteiger partial charge in [-0.3, -0.25) is 0 Å². The van der Waals surface area contributed by atoms with Gasteiger partial charge in [0.05, 0.1) is 5.41 Å². The summed E-state index contributed by atoms with van der Waals surface area (Å²) < 4.78 is 0. The minimum Gasteiger partial charge on any atom is -0.0843 e. The van der Waals surface area contributed by atoms with Crippen molar-refractivity contribution < 1.29 is 0 Å². The van der Waals surface area contributed by atoms with Crippen LogP contribution in [0.4, 0.5) is 0 Å². The molecule has 0 saturated carbocycles. The van der Waals surface area contributed by atoms with Crippen molar-refractivity contribution in [3.8, 4) is 22.3 Å². The van der Waals surface area contributed by atoms with E-state index in [1.165, 1.54) is 55.3 Å². The van der Waals surface area contributed by atoms with Gasteiger partial charge < -0.3 is 0 Å². The zero-order valence-electron chi connectivity index (χ0n) is 16.2. The Morgan fingerprint density at radius 3 is 1.87 bits per heavy atom. The molecule has 0 aromatic heterocycles. The van der Waals surface area contributed by atoms with Crippen molar-refractivity contribution in [3.63, 3.8) is 0 Å². The molecule has 0 saturated heterocycles.